The molecule has 1 aromatic carbocycles. The predicted octanol–water partition coefficient (Wildman–Crippen LogP) is 2.20. The quantitative estimate of drug-likeness (QED) is 0.647. The van der Waals surface area contributed by atoms with E-state index < -0.39 is 11.6 Å². The SMILES string of the molecule is CCc1nc2cc(F)c(F)cc2n1CCC(=N)N. The summed E-state index contributed by atoms with van der Waals surface area (Å²) in [5.41, 5.74) is 6.27. The first kappa shape index (κ1) is 12.5. The second-order valence-corrected chi connectivity index (χ2v) is 4.06. The molecule has 4 nitrogen and oxygen atoms in total. The van der Waals surface area contributed by atoms with Crippen LogP contribution in [0.15, 0.2) is 12.1 Å². The fourth-order valence-electron chi connectivity index (χ4n) is 1.92. The van der Waals surface area contributed by atoms with Gasteiger partial charge in [0.05, 0.1) is 16.9 Å². The van der Waals surface area contributed by atoms with Gasteiger partial charge in [-0.25, -0.2) is 13.8 Å². The van der Waals surface area contributed by atoms with E-state index in [1.807, 2.05) is 6.92 Å². The van der Waals surface area contributed by atoms with E-state index in [-0.39, 0.29) is 5.84 Å². The Balaban J connectivity index is 2.53. The van der Waals surface area contributed by atoms with Crippen LogP contribution in [-0.2, 0) is 13.0 Å². The fourth-order valence-corrected chi connectivity index (χ4v) is 1.92. The van der Waals surface area contributed by atoms with Gasteiger partial charge in [0.15, 0.2) is 11.6 Å². The van der Waals surface area contributed by atoms with E-state index in [9.17, 15) is 8.78 Å². The Labute approximate surface area is 103 Å². The zero-order chi connectivity index (χ0) is 13.3. The van der Waals surface area contributed by atoms with E-state index in [0.717, 1.165) is 18.0 Å². The number of amidine groups is 1. The van der Waals surface area contributed by atoms with Crippen molar-refractivity contribution in [3.05, 3.63) is 29.6 Å². The first-order chi connectivity index (χ1) is 8.52. The van der Waals surface area contributed by atoms with Crippen molar-refractivity contribution in [3.8, 4) is 0 Å². The molecule has 0 saturated heterocycles. The molecule has 0 spiro atoms. The molecule has 1 heterocycles. The van der Waals surface area contributed by atoms with E-state index in [1.165, 1.54) is 0 Å². The third kappa shape index (κ3) is 2.18. The molecule has 0 unspecified atom stereocenters. The van der Waals surface area contributed by atoms with Gasteiger partial charge in [0.2, 0.25) is 0 Å². The van der Waals surface area contributed by atoms with Crippen molar-refractivity contribution in [2.45, 2.75) is 26.3 Å². The maximum absolute atomic E-state index is 13.3. The van der Waals surface area contributed by atoms with Gasteiger partial charge in [-0.3, -0.25) is 5.41 Å². The number of hydrogen-bond acceptors (Lipinski definition) is 2. The lowest BCUT2D eigenvalue weighted by molar-refractivity contribution is 0.510. The molecule has 0 amide bonds. The van der Waals surface area contributed by atoms with E-state index >= 15 is 0 Å². The molecule has 0 aliphatic rings. The highest BCUT2D eigenvalue weighted by Gasteiger charge is 2.13. The standard InChI is InChI=1S/C12H14F2N4/c1-2-12-17-9-5-7(13)8(14)6-10(9)18(12)4-3-11(15)16/h5-6H,2-4H2,1H3,(H3,15,16). The summed E-state index contributed by atoms with van der Waals surface area (Å²) < 4.78 is 28.2. The molecule has 2 rings (SSSR count). The molecule has 3 N–H and O–H groups in total. The number of imidazole rings is 1. The molecule has 0 atom stereocenters. The summed E-state index contributed by atoms with van der Waals surface area (Å²) in [5.74, 6) is -1.01. The number of fused-ring (bicyclic) bond motifs is 1. The molecular weight excluding hydrogens is 238 g/mol. The summed E-state index contributed by atoms with van der Waals surface area (Å²) in [6.07, 6.45) is 1.01. The number of rotatable bonds is 4. The smallest absolute Gasteiger partial charge is 0.161 e. The van der Waals surface area contributed by atoms with Crippen LogP contribution in [0.2, 0.25) is 0 Å². The third-order valence-electron chi connectivity index (χ3n) is 2.79. The van der Waals surface area contributed by atoms with Crippen molar-refractivity contribution >= 4 is 16.9 Å². The molecule has 0 fully saturated rings. The molecule has 0 saturated carbocycles. The first-order valence-electron chi connectivity index (χ1n) is 5.70. The van der Waals surface area contributed by atoms with E-state index in [4.69, 9.17) is 11.1 Å². The summed E-state index contributed by atoms with van der Waals surface area (Å²) in [5, 5.41) is 7.22. The minimum absolute atomic E-state index is 0.0569. The van der Waals surface area contributed by atoms with Gasteiger partial charge in [0.25, 0.3) is 0 Å². The average molecular weight is 252 g/mol. The van der Waals surface area contributed by atoms with Crippen molar-refractivity contribution in [1.82, 2.24) is 9.55 Å². The van der Waals surface area contributed by atoms with Crippen LogP contribution in [-0.4, -0.2) is 15.4 Å². The highest BCUT2D eigenvalue weighted by atomic mass is 19.2. The van der Waals surface area contributed by atoms with Crippen LogP contribution in [0.25, 0.3) is 11.0 Å². The van der Waals surface area contributed by atoms with Crippen LogP contribution >= 0.6 is 0 Å². The zero-order valence-corrected chi connectivity index (χ0v) is 10.0. The number of benzene rings is 1. The van der Waals surface area contributed by atoms with Gasteiger partial charge in [-0.05, 0) is 0 Å². The van der Waals surface area contributed by atoms with E-state index in [1.54, 1.807) is 4.57 Å². The number of hydrogen-bond donors (Lipinski definition) is 2. The number of aromatic nitrogens is 2. The first-order valence-corrected chi connectivity index (χ1v) is 5.70. The highest BCUT2D eigenvalue weighted by Crippen LogP contribution is 2.20. The van der Waals surface area contributed by atoms with E-state index in [0.29, 0.717) is 30.4 Å². The molecule has 0 bridgehead atoms. The summed E-state index contributed by atoms with van der Waals surface area (Å²) in [6.45, 7) is 2.36. The average Bonchev–Trinajstić information content (AvgIpc) is 2.64. The lowest BCUT2D eigenvalue weighted by atomic mass is 10.3. The maximum Gasteiger partial charge on any atom is 0.161 e. The van der Waals surface area contributed by atoms with Crippen LogP contribution in [0.4, 0.5) is 8.78 Å². The van der Waals surface area contributed by atoms with Gasteiger partial charge in [-0.1, -0.05) is 6.92 Å². The Morgan fingerprint density at radius 1 is 1.39 bits per heavy atom. The second kappa shape index (κ2) is 4.72. The monoisotopic (exact) mass is 252 g/mol. The molecule has 1 aromatic heterocycles. The fraction of sp³-hybridized carbons (Fsp3) is 0.333. The predicted molar refractivity (Wildman–Crippen MR) is 65.6 cm³/mol. The molecular formula is C12H14F2N4. The molecule has 96 valence electrons. The summed E-state index contributed by atoms with van der Waals surface area (Å²) in [4.78, 5) is 4.26. The van der Waals surface area contributed by atoms with Crippen LogP contribution in [0.3, 0.4) is 0 Å². The topological polar surface area (TPSA) is 67.7 Å². The molecule has 2 aromatic rings. The van der Waals surface area contributed by atoms with Gasteiger partial charge in [-0.15, -0.1) is 0 Å². The van der Waals surface area contributed by atoms with Gasteiger partial charge in [0.1, 0.15) is 5.82 Å². The van der Waals surface area contributed by atoms with Crippen molar-refractivity contribution in [1.29, 1.82) is 5.41 Å². The van der Waals surface area contributed by atoms with Gasteiger partial charge >= 0.3 is 0 Å². The minimum Gasteiger partial charge on any atom is -0.388 e. The summed E-state index contributed by atoms with van der Waals surface area (Å²) in [6, 6.07) is 2.23. The van der Waals surface area contributed by atoms with Gasteiger partial charge < -0.3 is 10.3 Å². The van der Waals surface area contributed by atoms with Crippen LogP contribution in [0, 0.1) is 17.0 Å². The van der Waals surface area contributed by atoms with Crippen LogP contribution in [0.1, 0.15) is 19.2 Å². The van der Waals surface area contributed by atoms with Crippen molar-refractivity contribution in [2.75, 3.05) is 0 Å². The third-order valence-corrected chi connectivity index (χ3v) is 2.79. The van der Waals surface area contributed by atoms with Crippen LogP contribution < -0.4 is 5.73 Å². The van der Waals surface area contributed by atoms with Crippen LogP contribution in [0.5, 0.6) is 0 Å². The normalized spacial score (nSPS) is 11.1. The largest absolute Gasteiger partial charge is 0.388 e. The number of nitrogens with zero attached hydrogens (tertiary/aromatic N) is 2. The summed E-state index contributed by atoms with van der Waals surface area (Å²) >= 11 is 0. The van der Waals surface area contributed by atoms with Gasteiger partial charge in [-0.2, -0.15) is 0 Å². The molecule has 18 heavy (non-hydrogen) atoms. The number of halogens is 2. The Bertz CT molecular complexity index is 604. The zero-order valence-electron chi connectivity index (χ0n) is 10.0. The number of nitrogens with two attached hydrogens (primary N) is 1. The second-order valence-electron chi connectivity index (χ2n) is 4.06. The number of nitrogens with one attached hydrogen (secondary N) is 1. The summed E-state index contributed by atoms with van der Waals surface area (Å²) in [7, 11) is 0. The maximum atomic E-state index is 13.3. The molecule has 0 radical (unpaired) electrons. The molecule has 6 heteroatoms. The molecule has 0 aliphatic heterocycles. The van der Waals surface area contributed by atoms with Crippen molar-refractivity contribution in [3.63, 3.8) is 0 Å². The Hall–Kier alpha value is -1.98. The lowest BCUT2D eigenvalue weighted by Gasteiger charge is -2.07. The Morgan fingerprint density at radius 3 is 2.67 bits per heavy atom. The Kier molecular flexibility index (Phi) is 3.27. The van der Waals surface area contributed by atoms with Gasteiger partial charge in [0, 0.05) is 31.5 Å². The molecule has 0 aliphatic carbocycles. The number of aryl methyl sites for hydroxylation is 2. The van der Waals surface area contributed by atoms with Crippen molar-refractivity contribution in [2.24, 2.45) is 5.73 Å². The highest BCUT2D eigenvalue weighted by molar-refractivity contribution is 5.78. The lowest BCUT2D eigenvalue weighted by Crippen LogP contribution is -2.14. The van der Waals surface area contributed by atoms with E-state index in [2.05, 4.69) is 4.98 Å². The Morgan fingerprint density at radius 2 is 2.06 bits per heavy atom. The van der Waals surface area contributed by atoms with Crippen molar-refractivity contribution < 1.29 is 8.78 Å². The minimum atomic E-state index is -0.902.